The van der Waals surface area contributed by atoms with E-state index in [0.29, 0.717) is 12.1 Å². The van der Waals surface area contributed by atoms with Crippen molar-refractivity contribution in [2.24, 2.45) is 0 Å². The van der Waals surface area contributed by atoms with Crippen LogP contribution in [0.2, 0.25) is 0 Å². The minimum absolute atomic E-state index is 0.447. The van der Waals surface area contributed by atoms with Crippen molar-refractivity contribution >= 4 is 0 Å². The molecule has 2 rings (SSSR count). The first-order chi connectivity index (χ1) is 9.31. The zero-order valence-corrected chi connectivity index (χ0v) is 12.3. The van der Waals surface area contributed by atoms with E-state index in [2.05, 4.69) is 43.4 Å². The summed E-state index contributed by atoms with van der Waals surface area (Å²) in [6.45, 7) is 5.41. The summed E-state index contributed by atoms with van der Waals surface area (Å²) in [6.07, 6.45) is 7.90. The van der Waals surface area contributed by atoms with Crippen molar-refractivity contribution in [1.29, 1.82) is 0 Å². The van der Waals surface area contributed by atoms with Gasteiger partial charge in [-0.25, -0.2) is 0 Å². The summed E-state index contributed by atoms with van der Waals surface area (Å²) in [6, 6.07) is 9.18. The summed E-state index contributed by atoms with van der Waals surface area (Å²) < 4.78 is 6.05. The average molecular weight is 261 g/mol. The van der Waals surface area contributed by atoms with Crippen LogP contribution in [0.4, 0.5) is 0 Å². The molecule has 0 unspecified atom stereocenters. The summed E-state index contributed by atoms with van der Waals surface area (Å²) in [5.41, 5.74) is 1.32. The smallest absolute Gasteiger partial charge is 0.120 e. The molecule has 0 aliphatic heterocycles. The first-order valence-electron chi connectivity index (χ1n) is 7.80. The van der Waals surface area contributed by atoms with Crippen molar-refractivity contribution in [3.8, 4) is 5.75 Å². The van der Waals surface area contributed by atoms with Gasteiger partial charge >= 0.3 is 0 Å². The first-order valence-corrected chi connectivity index (χ1v) is 7.80. The molecule has 106 valence electrons. The van der Waals surface area contributed by atoms with Crippen molar-refractivity contribution in [2.45, 2.75) is 71.1 Å². The fourth-order valence-electron chi connectivity index (χ4n) is 2.77. The molecule has 1 aromatic carbocycles. The highest BCUT2D eigenvalue weighted by Gasteiger charge is 2.16. The minimum atomic E-state index is 0.447. The van der Waals surface area contributed by atoms with Gasteiger partial charge in [-0.05, 0) is 56.2 Å². The minimum Gasteiger partial charge on any atom is -0.490 e. The maximum Gasteiger partial charge on any atom is 0.120 e. The van der Waals surface area contributed by atoms with E-state index in [-0.39, 0.29) is 0 Å². The Balaban J connectivity index is 1.87. The van der Waals surface area contributed by atoms with Crippen LogP contribution in [0.5, 0.6) is 5.75 Å². The van der Waals surface area contributed by atoms with Gasteiger partial charge in [-0.1, -0.05) is 26.0 Å². The molecule has 1 aromatic rings. The van der Waals surface area contributed by atoms with Gasteiger partial charge in [-0.15, -0.1) is 0 Å². The lowest BCUT2D eigenvalue weighted by Crippen LogP contribution is -2.26. The molecule has 19 heavy (non-hydrogen) atoms. The van der Waals surface area contributed by atoms with Gasteiger partial charge in [0.25, 0.3) is 0 Å². The van der Waals surface area contributed by atoms with Gasteiger partial charge < -0.3 is 10.1 Å². The predicted molar refractivity (Wildman–Crippen MR) is 80.5 cm³/mol. The van der Waals surface area contributed by atoms with Gasteiger partial charge in [0.1, 0.15) is 5.75 Å². The summed E-state index contributed by atoms with van der Waals surface area (Å²) >= 11 is 0. The summed E-state index contributed by atoms with van der Waals surface area (Å²) in [5.74, 6) is 1.04. The van der Waals surface area contributed by atoms with E-state index in [4.69, 9.17) is 4.74 Å². The molecule has 0 aromatic heterocycles. The Morgan fingerprint density at radius 1 is 1.21 bits per heavy atom. The zero-order valence-electron chi connectivity index (χ0n) is 12.3. The van der Waals surface area contributed by atoms with Crippen molar-refractivity contribution < 1.29 is 4.74 Å². The van der Waals surface area contributed by atoms with Crippen LogP contribution in [0.3, 0.4) is 0 Å². The standard InChI is InChI=1S/C17H27NO/c1-3-15(4-2)18-13-14-8-7-11-17(12-14)19-16-9-5-6-10-16/h7-8,11-12,15-16,18H,3-6,9-10,13H2,1-2H3. The Hall–Kier alpha value is -1.02. The van der Waals surface area contributed by atoms with Gasteiger partial charge in [0.05, 0.1) is 6.10 Å². The third kappa shape index (κ3) is 4.54. The van der Waals surface area contributed by atoms with E-state index in [0.717, 1.165) is 12.3 Å². The van der Waals surface area contributed by atoms with Crippen molar-refractivity contribution in [3.05, 3.63) is 29.8 Å². The second kappa shape index (κ2) is 7.54. The Morgan fingerprint density at radius 3 is 2.63 bits per heavy atom. The van der Waals surface area contributed by atoms with Crippen LogP contribution in [0.1, 0.15) is 57.9 Å². The molecule has 2 heteroatoms. The molecule has 0 radical (unpaired) electrons. The highest BCUT2D eigenvalue weighted by atomic mass is 16.5. The number of nitrogens with one attached hydrogen (secondary N) is 1. The lowest BCUT2D eigenvalue weighted by atomic mass is 10.1. The summed E-state index contributed by atoms with van der Waals surface area (Å²) in [7, 11) is 0. The fraction of sp³-hybridized carbons (Fsp3) is 0.647. The number of hydrogen-bond acceptors (Lipinski definition) is 2. The average Bonchev–Trinajstić information content (AvgIpc) is 2.93. The van der Waals surface area contributed by atoms with E-state index in [1.165, 1.54) is 44.1 Å². The molecule has 1 saturated carbocycles. The lowest BCUT2D eigenvalue weighted by molar-refractivity contribution is 0.210. The lowest BCUT2D eigenvalue weighted by Gasteiger charge is -2.16. The molecule has 1 N–H and O–H groups in total. The third-order valence-corrected chi connectivity index (χ3v) is 4.08. The molecule has 1 aliphatic carbocycles. The Morgan fingerprint density at radius 2 is 1.95 bits per heavy atom. The number of ether oxygens (including phenoxy) is 1. The molecule has 2 nitrogen and oxygen atoms in total. The SMILES string of the molecule is CCC(CC)NCc1cccc(OC2CCCC2)c1. The maximum atomic E-state index is 6.05. The molecule has 0 bridgehead atoms. The highest BCUT2D eigenvalue weighted by molar-refractivity contribution is 5.28. The van der Waals surface area contributed by atoms with Crippen LogP contribution in [-0.4, -0.2) is 12.1 Å². The predicted octanol–water partition coefficient (Wildman–Crippen LogP) is 4.29. The summed E-state index contributed by atoms with van der Waals surface area (Å²) in [5, 5.41) is 3.60. The fourth-order valence-corrected chi connectivity index (χ4v) is 2.77. The molecule has 0 atom stereocenters. The molecular weight excluding hydrogens is 234 g/mol. The van der Waals surface area contributed by atoms with Gasteiger partial charge in [0.2, 0.25) is 0 Å². The maximum absolute atomic E-state index is 6.05. The topological polar surface area (TPSA) is 21.3 Å². The van der Waals surface area contributed by atoms with Crippen LogP contribution >= 0.6 is 0 Å². The molecule has 1 aliphatic rings. The van der Waals surface area contributed by atoms with Crippen molar-refractivity contribution in [1.82, 2.24) is 5.32 Å². The molecule has 0 heterocycles. The van der Waals surface area contributed by atoms with Gasteiger partial charge in [-0.2, -0.15) is 0 Å². The Labute approximate surface area is 117 Å². The van der Waals surface area contributed by atoms with E-state index < -0.39 is 0 Å². The van der Waals surface area contributed by atoms with Crippen molar-refractivity contribution in [2.75, 3.05) is 0 Å². The van der Waals surface area contributed by atoms with Gasteiger partial charge in [0.15, 0.2) is 0 Å². The Kier molecular flexibility index (Phi) is 5.71. The van der Waals surface area contributed by atoms with E-state index in [9.17, 15) is 0 Å². The monoisotopic (exact) mass is 261 g/mol. The third-order valence-electron chi connectivity index (χ3n) is 4.08. The molecule has 0 saturated heterocycles. The molecule has 1 fully saturated rings. The summed E-state index contributed by atoms with van der Waals surface area (Å²) in [4.78, 5) is 0. The number of rotatable bonds is 7. The van der Waals surface area contributed by atoms with Crippen molar-refractivity contribution in [3.63, 3.8) is 0 Å². The van der Waals surface area contributed by atoms with Crippen LogP contribution in [0, 0.1) is 0 Å². The van der Waals surface area contributed by atoms with E-state index in [1.54, 1.807) is 0 Å². The molecular formula is C17H27NO. The van der Waals surface area contributed by atoms with E-state index >= 15 is 0 Å². The van der Waals surface area contributed by atoms with E-state index in [1.807, 2.05) is 0 Å². The van der Waals surface area contributed by atoms with Crippen LogP contribution < -0.4 is 10.1 Å². The van der Waals surface area contributed by atoms with Gasteiger partial charge in [0, 0.05) is 12.6 Å². The normalized spacial score (nSPS) is 16.2. The van der Waals surface area contributed by atoms with Crippen LogP contribution in [0.25, 0.3) is 0 Å². The number of hydrogen-bond donors (Lipinski definition) is 1. The second-order valence-electron chi connectivity index (χ2n) is 5.57. The van der Waals surface area contributed by atoms with Crippen LogP contribution in [-0.2, 0) is 6.54 Å². The zero-order chi connectivity index (χ0) is 13.5. The molecule has 0 spiro atoms. The number of benzene rings is 1. The first kappa shape index (κ1) is 14.4. The van der Waals surface area contributed by atoms with Gasteiger partial charge in [-0.3, -0.25) is 0 Å². The Bertz CT molecular complexity index is 367. The molecule has 0 amide bonds. The second-order valence-corrected chi connectivity index (χ2v) is 5.57. The largest absolute Gasteiger partial charge is 0.490 e. The highest BCUT2D eigenvalue weighted by Crippen LogP contribution is 2.24. The quantitative estimate of drug-likeness (QED) is 0.790. The van der Waals surface area contributed by atoms with Crippen LogP contribution in [0.15, 0.2) is 24.3 Å².